The molecule has 3 rings (SSSR count). The lowest BCUT2D eigenvalue weighted by atomic mass is 9.84. The molecule has 1 aromatic heterocycles. The first-order chi connectivity index (χ1) is 7.43. The summed E-state index contributed by atoms with van der Waals surface area (Å²) in [6.45, 7) is 0. The Balaban J connectivity index is 1.89. The summed E-state index contributed by atoms with van der Waals surface area (Å²) in [7, 11) is 0. The van der Waals surface area contributed by atoms with Gasteiger partial charge in [0.2, 0.25) is 0 Å². The first-order valence-corrected chi connectivity index (χ1v) is 6.27. The SMILES string of the molecule is c1ccc2c(c1)CCC(c1nccs1)C2. The van der Waals surface area contributed by atoms with Gasteiger partial charge in [0.15, 0.2) is 0 Å². The highest BCUT2D eigenvalue weighted by Gasteiger charge is 2.21. The van der Waals surface area contributed by atoms with Gasteiger partial charge in [-0.15, -0.1) is 11.3 Å². The fourth-order valence-corrected chi connectivity index (χ4v) is 3.12. The van der Waals surface area contributed by atoms with Crippen molar-refractivity contribution < 1.29 is 0 Å². The molecule has 1 aromatic carbocycles. The van der Waals surface area contributed by atoms with Crippen molar-refractivity contribution in [1.82, 2.24) is 4.98 Å². The smallest absolute Gasteiger partial charge is 0.0959 e. The molecule has 1 unspecified atom stereocenters. The summed E-state index contributed by atoms with van der Waals surface area (Å²) in [4.78, 5) is 4.43. The Kier molecular flexibility index (Phi) is 2.29. The fourth-order valence-electron chi connectivity index (χ4n) is 2.34. The summed E-state index contributed by atoms with van der Waals surface area (Å²) >= 11 is 1.79. The molecular weight excluding hydrogens is 202 g/mol. The zero-order valence-corrected chi connectivity index (χ0v) is 9.33. The van der Waals surface area contributed by atoms with Crippen LogP contribution in [-0.2, 0) is 12.8 Å². The number of hydrogen-bond donors (Lipinski definition) is 0. The minimum absolute atomic E-state index is 0.653. The van der Waals surface area contributed by atoms with E-state index in [0.29, 0.717) is 5.92 Å². The van der Waals surface area contributed by atoms with E-state index in [4.69, 9.17) is 0 Å². The molecule has 0 bridgehead atoms. The molecule has 1 aliphatic carbocycles. The van der Waals surface area contributed by atoms with E-state index in [0.717, 1.165) is 0 Å². The normalized spacial score (nSPS) is 19.9. The first-order valence-electron chi connectivity index (χ1n) is 5.39. The molecule has 1 heterocycles. The van der Waals surface area contributed by atoms with Crippen molar-refractivity contribution in [2.45, 2.75) is 25.2 Å². The van der Waals surface area contributed by atoms with Gasteiger partial charge < -0.3 is 0 Å². The quantitative estimate of drug-likeness (QED) is 0.710. The molecular formula is C13H13NS. The molecule has 0 saturated carbocycles. The predicted octanol–water partition coefficient (Wildman–Crippen LogP) is 3.42. The second-order valence-corrected chi connectivity index (χ2v) is 5.00. The maximum absolute atomic E-state index is 4.43. The number of aromatic nitrogens is 1. The van der Waals surface area contributed by atoms with Crippen LogP contribution < -0.4 is 0 Å². The van der Waals surface area contributed by atoms with Crippen molar-refractivity contribution >= 4 is 11.3 Å². The Morgan fingerprint density at radius 2 is 2.07 bits per heavy atom. The summed E-state index contributed by atoms with van der Waals surface area (Å²) in [5.41, 5.74) is 3.05. The van der Waals surface area contributed by atoms with Crippen LogP contribution in [0.1, 0.15) is 28.5 Å². The molecule has 1 nitrogen and oxygen atoms in total. The van der Waals surface area contributed by atoms with Gasteiger partial charge in [-0.05, 0) is 30.4 Å². The standard InChI is InChI=1S/C13H13NS/c1-2-4-11-9-12(6-5-10(11)3-1)13-14-7-8-15-13/h1-4,7-8,12H,5-6,9H2. The Morgan fingerprint density at radius 3 is 2.87 bits per heavy atom. The van der Waals surface area contributed by atoms with Crippen LogP contribution in [0.15, 0.2) is 35.8 Å². The highest BCUT2D eigenvalue weighted by molar-refractivity contribution is 7.09. The molecule has 0 N–H and O–H groups in total. The molecule has 76 valence electrons. The van der Waals surface area contributed by atoms with Crippen molar-refractivity contribution in [3.8, 4) is 0 Å². The lowest BCUT2D eigenvalue weighted by Gasteiger charge is -2.22. The molecule has 0 radical (unpaired) electrons. The largest absolute Gasteiger partial charge is 0.249 e. The molecule has 1 aliphatic rings. The van der Waals surface area contributed by atoms with E-state index in [-0.39, 0.29) is 0 Å². The van der Waals surface area contributed by atoms with Crippen LogP contribution in [0.4, 0.5) is 0 Å². The third kappa shape index (κ3) is 1.70. The number of hydrogen-bond acceptors (Lipinski definition) is 2. The van der Waals surface area contributed by atoms with Gasteiger partial charge in [-0.2, -0.15) is 0 Å². The van der Waals surface area contributed by atoms with E-state index in [1.165, 1.54) is 35.4 Å². The second-order valence-electron chi connectivity index (χ2n) is 4.08. The minimum Gasteiger partial charge on any atom is -0.249 e. The third-order valence-corrected chi connectivity index (χ3v) is 4.09. The van der Waals surface area contributed by atoms with Crippen molar-refractivity contribution in [1.29, 1.82) is 0 Å². The molecule has 0 amide bonds. The lowest BCUT2D eigenvalue weighted by Crippen LogP contribution is -2.12. The maximum Gasteiger partial charge on any atom is 0.0959 e. The van der Waals surface area contributed by atoms with Crippen molar-refractivity contribution in [2.24, 2.45) is 0 Å². The van der Waals surface area contributed by atoms with Gasteiger partial charge in [0.05, 0.1) is 5.01 Å². The zero-order chi connectivity index (χ0) is 10.1. The molecule has 0 fully saturated rings. The van der Waals surface area contributed by atoms with Crippen LogP contribution in [0.2, 0.25) is 0 Å². The monoisotopic (exact) mass is 215 g/mol. The summed E-state index contributed by atoms with van der Waals surface area (Å²) in [6.07, 6.45) is 5.55. The van der Waals surface area contributed by atoms with Crippen LogP contribution >= 0.6 is 11.3 Å². The highest BCUT2D eigenvalue weighted by Crippen LogP contribution is 2.33. The van der Waals surface area contributed by atoms with Crippen molar-refractivity contribution in [3.63, 3.8) is 0 Å². The average Bonchev–Trinajstić information content (AvgIpc) is 2.82. The lowest BCUT2D eigenvalue weighted by molar-refractivity contribution is 0.582. The molecule has 0 saturated heterocycles. The first kappa shape index (κ1) is 9.10. The van der Waals surface area contributed by atoms with Gasteiger partial charge in [0.1, 0.15) is 0 Å². The van der Waals surface area contributed by atoms with E-state index < -0.39 is 0 Å². The Bertz CT molecular complexity index is 447. The average molecular weight is 215 g/mol. The highest BCUT2D eigenvalue weighted by atomic mass is 32.1. The number of thiazole rings is 1. The van der Waals surface area contributed by atoms with E-state index in [9.17, 15) is 0 Å². The van der Waals surface area contributed by atoms with Gasteiger partial charge in [-0.25, -0.2) is 4.98 Å². The summed E-state index contributed by atoms with van der Waals surface area (Å²) in [5.74, 6) is 0.653. The van der Waals surface area contributed by atoms with E-state index in [1.807, 2.05) is 6.20 Å². The fraction of sp³-hybridized carbons (Fsp3) is 0.308. The Morgan fingerprint density at radius 1 is 1.20 bits per heavy atom. The predicted molar refractivity (Wildman–Crippen MR) is 63.3 cm³/mol. The molecule has 2 aromatic rings. The van der Waals surface area contributed by atoms with Crippen LogP contribution in [0.5, 0.6) is 0 Å². The minimum atomic E-state index is 0.653. The van der Waals surface area contributed by atoms with Crippen LogP contribution in [0, 0.1) is 0 Å². The van der Waals surface area contributed by atoms with Crippen molar-refractivity contribution in [3.05, 3.63) is 52.0 Å². The second kappa shape index (κ2) is 3.78. The van der Waals surface area contributed by atoms with Crippen molar-refractivity contribution in [2.75, 3.05) is 0 Å². The van der Waals surface area contributed by atoms with Gasteiger partial charge >= 0.3 is 0 Å². The number of aryl methyl sites for hydroxylation is 1. The molecule has 0 aliphatic heterocycles. The van der Waals surface area contributed by atoms with Crippen LogP contribution in [-0.4, -0.2) is 4.98 Å². The number of fused-ring (bicyclic) bond motifs is 1. The van der Waals surface area contributed by atoms with Gasteiger partial charge in [0, 0.05) is 17.5 Å². The Labute approximate surface area is 93.8 Å². The zero-order valence-electron chi connectivity index (χ0n) is 8.52. The maximum atomic E-state index is 4.43. The summed E-state index contributed by atoms with van der Waals surface area (Å²) in [6, 6.07) is 8.80. The Hall–Kier alpha value is -1.15. The van der Waals surface area contributed by atoms with Gasteiger partial charge in [0.25, 0.3) is 0 Å². The summed E-state index contributed by atoms with van der Waals surface area (Å²) in [5, 5.41) is 3.39. The van der Waals surface area contributed by atoms with E-state index in [2.05, 4.69) is 34.6 Å². The van der Waals surface area contributed by atoms with Gasteiger partial charge in [-0.3, -0.25) is 0 Å². The number of benzene rings is 1. The van der Waals surface area contributed by atoms with Crippen LogP contribution in [0.25, 0.3) is 0 Å². The van der Waals surface area contributed by atoms with Gasteiger partial charge in [-0.1, -0.05) is 24.3 Å². The molecule has 1 atom stereocenters. The van der Waals surface area contributed by atoms with Crippen LogP contribution in [0.3, 0.4) is 0 Å². The summed E-state index contributed by atoms with van der Waals surface area (Å²) < 4.78 is 0. The topological polar surface area (TPSA) is 12.9 Å². The number of nitrogens with zero attached hydrogens (tertiary/aromatic N) is 1. The third-order valence-electron chi connectivity index (χ3n) is 3.15. The van der Waals surface area contributed by atoms with E-state index >= 15 is 0 Å². The molecule has 2 heteroatoms. The molecule has 15 heavy (non-hydrogen) atoms. The van der Waals surface area contributed by atoms with E-state index in [1.54, 1.807) is 11.3 Å². The number of rotatable bonds is 1. The molecule has 0 spiro atoms.